The predicted octanol–water partition coefficient (Wildman–Crippen LogP) is 1.93. The highest BCUT2D eigenvalue weighted by atomic mass is 32.2. The molecule has 0 aliphatic carbocycles. The lowest BCUT2D eigenvalue weighted by molar-refractivity contribution is -0.137. The van der Waals surface area contributed by atoms with E-state index in [1.807, 2.05) is 25.7 Å². The average molecular weight is 407 g/mol. The number of carbonyl (C=O) groups is 1. The van der Waals surface area contributed by atoms with E-state index in [1.165, 1.54) is 4.31 Å². The van der Waals surface area contributed by atoms with Crippen LogP contribution in [-0.2, 0) is 21.0 Å². The number of hydrogen-bond donors (Lipinski definition) is 1. The minimum atomic E-state index is -4.51. The molecule has 0 unspecified atom stereocenters. The van der Waals surface area contributed by atoms with E-state index in [1.54, 1.807) is 0 Å². The molecule has 27 heavy (non-hydrogen) atoms. The van der Waals surface area contributed by atoms with E-state index in [0.717, 1.165) is 24.3 Å². The summed E-state index contributed by atoms with van der Waals surface area (Å²) in [4.78, 5) is 13.6. The van der Waals surface area contributed by atoms with Gasteiger partial charge in [0, 0.05) is 31.7 Å². The summed E-state index contributed by atoms with van der Waals surface area (Å²) < 4.78 is 64.3. The van der Waals surface area contributed by atoms with Gasteiger partial charge in [-0.1, -0.05) is 0 Å². The van der Waals surface area contributed by atoms with E-state index in [4.69, 9.17) is 0 Å². The number of piperazine rings is 1. The van der Waals surface area contributed by atoms with Crippen molar-refractivity contribution in [3.8, 4) is 0 Å². The molecule has 0 spiro atoms. The Morgan fingerprint density at radius 2 is 1.56 bits per heavy atom. The molecule has 1 amide bonds. The van der Waals surface area contributed by atoms with Crippen LogP contribution < -0.4 is 5.32 Å². The van der Waals surface area contributed by atoms with Gasteiger partial charge in [-0.25, -0.2) is 8.42 Å². The number of sulfonamides is 1. The maximum atomic E-state index is 12.6. The molecule has 1 aromatic rings. The molecule has 10 heteroatoms. The number of nitrogens with zero attached hydrogens (tertiary/aromatic N) is 2. The van der Waals surface area contributed by atoms with Crippen molar-refractivity contribution in [2.45, 2.75) is 37.4 Å². The van der Waals surface area contributed by atoms with Crippen LogP contribution in [0.3, 0.4) is 0 Å². The van der Waals surface area contributed by atoms with Gasteiger partial charge in [-0.05, 0) is 45.0 Å². The summed E-state index contributed by atoms with van der Waals surface area (Å²) in [6, 6.07) is 3.47. The van der Waals surface area contributed by atoms with Crippen LogP contribution in [0.2, 0.25) is 0 Å². The van der Waals surface area contributed by atoms with Gasteiger partial charge in [0.2, 0.25) is 15.9 Å². The average Bonchev–Trinajstić information content (AvgIpc) is 2.53. The van der Waals surface area contributed by atoms with Gasteiger partial charge in [0.25, 0.3) is 0 Å². The monoisotopic (exact) mass is 407 g/mol. The van der Waals surface area contributed by atoms with Crippen molar-refractivity contribution in [1.82, 2.24) is 14.5 Å². The van der Waals surface area contributed by atoms with E-state index in [2.05, 4.69) is 5.32 Å². The molecule has 152 valence electrons. The van der Waals surface area contributed by atoms with Crippen LogP contribution >= 0.6 is 0 Å². The van der Waals surface area contributed by atoms with E-state index < -0.39 is 21.8 Å². The fourth-order valence-corrected chi connectivity index (χ4v) is 4.18. The molecule has 1 heterocycles. The lowest BCUT2D eigenvalue weighted by atomic mass is 10.1. The van der Waals surface area contributed by atoms with Crippen LogP contribution in [0.4, 0.5) is 13.2 Å². The Kier molecular flexibility index (Phi) is 6.23. The van der Waals surface area contributed by atoms with Crippen molar-refractivity contribution >= 4 is 15.9 Å². The second kappa shape index (κ2) is 7.76. The lowest BCUT2D eigenvalue weighted by Gasteiger charge is -2.34. The Morgan fingerprint density at radius 3 is 2.00 bits per heavy atom. The van der Waals surface area contributed by atoms with Crippen molar-refractivity contribution < 1.29 is 26.4 Å². The number of halogens is 3. The molecule has 0 aromatic heterocycles. The Balaban J connectivity index is 1.97. The zero-order valence-corrected chi connectivity index (χ0v) is 16.3. The van der Waals surface area contributed by atoms with Crippen LogP contribution in [0.25, 0.3) is 0 Å². The normalized spacial score (nSPS) is 17.7. The van der Waals surface area contributed by atoms with Gasteiger partial charge in [-0.2, -0.15) is 17.5 Å². The third-order valence-corrected chi connectivity index (χ3v) is 5.95. The summed E-state index contributed by atoms with van der Waals surface area (Å²) in [6.07, 6.45) is -4.51. The minimum absolute atomic E-state index is 0.137. The molecule has 6 nitrogen and oxygen atoms in total. The maximum Gasteiger partial charge on any atom is 0.416 e. The number of rotatable bonds is 4. The van der Waals surface area contributed by atoms with Crippen molar-refractivity contribution in [2.24, 2.45) is 0 Å². The number of alkyl halides is 3. The van der Waals surface area contributed by atoms with Gasteiger partial charge >= 0.3 is 6.18 Å². The first-order chi connectivity index (χ1) is 12.3. The maximum absolute atomic E-state index is 12.6. The molecule has 1 N–H and O–H groups in total. The summed E-state index contributed by atoms with van der Waals surface area (Å²) in [5.41, 5.74) is -1.23. The predicted molar refractivity (Wildman–Crippen MR) is 94.5 cm³/mol. The molecular weight excluding hydrogens is 383 g/mol. The van der Waals surface area contributed by atoms with Gasteiger partial charge in [0.15, 0.2) is 0 Å². The van der Waals surface area contributed by atoms with Crippen LogP contribution in [0.1, 0.15) is 26.3 Å². The zero-order valence-electron chi connectivity index (χ0n) is 15.5. The Bertz CT molecular complexity index is 763. The lowest BCUT2D eigenvalue weighted by Crippen LogP contribution is -2.52. The van der Waals surface area contributed by atoms with Gasteiger partial charge < -0.3 is 5.32 Å². The summed E-state index contributed by atoms with van der Waals surface area (Å²) >= 11 is 0. The molecular formula is C17H24F3N3O3S. The molecule has 0 radical (unpaired) electrons. The van der Waals surface area contributed by atoms with Crippen LogP contribution in [-0.4, -0.2) is 61.8 Å². The van der Waals surface area contributed by atoms with Crippen molar-refractivity contribution in [3.63, 3.8) is 0 Å². The first-order valence-corrected chi connectivity index (χ1v) is 9.94. The van der Waals surface area contributed by atoms with Gasteiger partial charge in [-0.15, -0.1) is 0 Å². The zero-order chi connectivity index (χ0) is 20.5. The summed E-state index contributed by atoms with van der Waals surface area (Å²) in [7, 11) is -3.87. The molecule has 1 aliphatic rings. The summed E-state index contributed by atoms with van der Waals surface area (Å²) in [5, 5.41) is 2.85. The van der Waals surface area contributed by atoms with E-state index >= 15 is 0 Å². The fraction of sp³-hybridized carbons (Fsp3) is 0.588. The van der Waals surface area contributed by atoms with Gasteiger partial charge in [0.05, 0.1) is 17.0 Å². The number of benzene rings is 1. The fourth-order valence-electron chi connectivity index (χ4n) is 2.75. The number of carbonyl (C=O) groups excluding carboxylic acids is 1. The van der Waals surface area contributed by atoms with Crippen LogP contribution in [0.15, 0.2) is 29.2 Å². The number of hydrogen-bond acceptors (Lipinski definition) is 4. The second-order valence-electron chi connectivity index (χ2n) is 7.50. The van der Waals surface area contributed by atoms with Crippen molar-refractivity contribution in [1.29, 1.82) is 0 Å². The molecule has 0 atom stereocenters. The molecule has 1 aliphatic heterocycles. The van der Waals surface area contributed by atoms with Crippen LogP contribution in [0.5, 0.6) is 0 Å². The van der Waals surface area contributed by atoms with Gasteiger partial charge in [-0.3, -0.25) is 9.69 Å². The third kappa shape index (κ3) is 5.91. The summed E-state index contributed by atoms with van der Waals surface area (Å²) in [6.45, 7) is 6.89. The van der Waals surface area contributed by atoms with Gasteiger partial charge in [0.1, 0.15) is 0 Å². The molecule has 0 saturated carbocycles. The minimum Gasteiger partial charge on any atom is -0.350 e. The first kappa shape index (κ1) is 21.6. The quantitative estimate of drug-likeness (QED) is 0.828. The highest BCUT2D eigenvalue weighted by Crippen LogP contribution is 2.30. The molecule has 1 fully saturated rings. The van der Waals surface area contributed by atoms with Crippen molar-refractivity contribution in [3.05, 3.63) is 29.8 Å². The SMILES string of the molecule is CC(C)(C)NC(=O)CN1CCN(S(=O)(=O)c2ccc(C(F)(F)F)cc2)CC1. The molecule has 1 aromatic carbocycles. The Morgan fingerprint density at radius 1 is 1.04 bits per heavy atom. The molecule has 0 bridgehead atoms. The highest BCUT2D eigenvalue weighted by molar-refractivity contribution is 7.89. The topological polar surface area (TPSA) is 69.7 Å². The largest absolute Gasteiger partial charge is 0.416 e. The molecule has 2 rings (SSSR count). The highest BCUT2D eigenvalue weighted by Gasteiger charge is 2.33. The Hall–Kier alpha value is -1.65. The number of amides is 1. The molecule has 1 saturated heterocycles. The first-order valence-electron chi connectivity index (χ1n) is 8.50. The third-order valence-electron chi connectivity index (χ3n) is 4.03. The van der Waals surface area contributed by atoms with E-state index in [9.17, 15) is 26.4 Å². The van der Waals surface area contributed by atoms with E-state index in [0.29, 0.717) is 13.1 Å². The Labute approximate surface area is 157 Å². The van der Waals surface area contributed by atoms with E-state index in [-0.39, 0.29) is 36.0 Å². The van der Waals surface area contributed by atoms with Crippen molar-refractivity contribution in [2.75, 3.05) is 32.7 Å². The summed E-state index contributed by atoms with van der Waals surface area (Å²) in [5.74, 6) is -0.137. The standard InChI is InChI=1S/C17H24F3N3O3S/c1-16(2,3)21-15(24)12-22-8-10-23(11-9-22)27(25,26)14-6-4-13(5-7-14)17(18,19)20/h4-7H,8-12H2,1-3H3,(H,21,24). The smallest absolute Gasteiger partial charge is 0.350 e. The van der Waals surface area contributed by atoms with Crippen LogP contribution in [0, 0.1) is 0 Å². The number of nitrogens with one attached hydrogen (secondary N) is 1. The second-order valence-corrected chi connectivity index (χ2v) is 9.44.